The van der Waals surface area contributed by atoms with E-state index in [-0.39, 0.29) is 0 Å². The van der Waals surface area contributed by atoms with Gasteiger partial charge in [-0.05, 0) is 89.3 Å². The highest BCUT2D eigenvalue weighted by atomic mass is 16.5. The molecule has 1 unspecified atom stereocenters. The molecule has 1 aliphatic heterocycles. The lowest BCUT2D eigenvalue weighted by Gasteiger charge is -2.38. The molecule has 3 nitrogen and oxygen atoms in total. The van der Waals surface area contributed by atoms with Crippen molar-refractivity contribution >= 4 is 33.9 Å². The fourth-order valence-corrected chi connectivity index (χ4v) is 7.64. The van der Waals surface area contributed by atoms with Gasteiger partial charge in [-0.25, -0.2) is 0 Å². The zero-order valence-electron chi connectivity index (χ0n) is 26.9. The van der Waals surface area contributed by atoms with Gasteiger partial charge in [-0.15, -0.1) is 0 Å². The Hall–Kier alpha value is -6.06. The first-order valence-corrected chi connectivity index (χ1v) is 16.4. The van der Waals surface area contributed by atoms with Crippen LogP contribution in [0.25, 0.3) is 39.1 Å². The molecule has 230 valence electrons. The van der Waals surface area contributed by atoms with Crippen molar-refractivity contribution in [3.63, 3.8) is 0 Å². The van der Waals surface area contributed by atoms with E-state index in [1.54, 1.807) is 7.11 Å². The minimum Gasteiger partial charge on any atom is -0.497 e. The molecule has 2 aliphatic rings. The highest BCUT2D eigenvalue weighted by Gasteiger charge is 2.40. The van der Waals surface area contributed by atoms with Crippen LogP contribution < -0.4 is 14.4 Å². The summed E-state index contributed by atoms with van der Waals surface area (Å²) in [6.45, 7) is 2.23. The van der Waals surface area contributed by atoms with Gasteiger partial charge >= 0.3 is 0 Å². The van der Waals surface area contributed by atoms with Gasteiger partial charge in [0.15, 0.2) is 5.60 Å². The van der Waals surface area contributed by atoms with Crippen LogP contribution in [0.2, 0.25) is 0 Å². The van der Waals surface area contributed by atoms with Crippen LogP contribution >= 0.6 is 0 Å². The lowest BCUT2D eigenvalue weighted by molar-refractivity contribution is 0.163. The Morgan fingerprint density at radius 2 is 1.21 bits per heavy atom. The molecule has 0 radical (unpaired) electrons. The first-order valence-electron chi connectivity index (χ1n) is 16.4. The Bertz CT molecular complexity index is 2320. The van der Waals surface area contributed by atoms with E-state index in [9.17, 15) is 0 Å². The molecule has 7 aromatic carbocycles. The monoisotopic (exact) mass is 619 g/mol. The zero-order chi connectivity index (χ0) is 32.2. The highest BCUT2D eigenvalue weighted by Crippen LogP contribution is 2.55. The molecular formula is C45H33NO2. The number of anilines is 3. The van der Waals surface area contributed by atoms with Crippen LogP contribution in [0.15, 0.2) is 158 Å². The molecule has 1 atom stereocenters. The standard InChI is InChI=1S/C45H33NO2/c1-30-37-27-28-45(31-23-25-36(47-2)26-24-31,48-44(37)41-22-12-21-40-38-19-9-10-20-39(38)42(30)43(40)41)32-13-11-18-35(29-32)46(33-14-5-3-6-15-33)34-16-7-4-8-17-34/h3-29H,1-2H3. The molecule has 48 heavy (non-hydrogen) atoms. The van der Waals surface area contributed by atoms with Crippen LogP contribution in [0.4, 0.5) is 17.1 Å². The lowest BCUT2D eigenvalue weighted by Crippen LogP contribution is -2.34. The van der Waals surface area contributed by atoms with Crippen molar-refractivity contribution in [3.8, 4) is 33.8 Å². The molecule has 0 spiro atoms. The summed E-state index contributed by atoms with van der Waals surface area (Å²) >= 11 is 0. The SMILES string of the molecule is COc1ccc(C2(c3cccc(N(c4ccccc4)c4ccccc4)c3)C=Cc3c(C)c4c5c(cccc5c3O2)-c2ccccc2-4)cc1. The van der Waals surface area contributed by atoms with Gasteiger partial charge in [-0.1, -0.05) is 109 Å². The predicted molar refractivity (Wildman–Crippen MR) is 198 cm³/mol. The van der Waals surface area contributed by atoms with Crippen molar-refractivity contribution < 1.29 is 9.47 Å². The number of ether oxygens (including phenoxy) is 2. The third-order valence-electron chi connectivity index (χ3n) is 9.90. The van der Waals surface area contributed by atoms with E-state index in [2.05, 4.69) is 164 Å². The molecule has 1 heterocycles. The normalized spacial score (nSPS) is 15.5. The summed E-state index contributed by atoms with van der Waals surface area (Å²) in [7, 11) is 1.70. The summed E-state index contributed by atoms with van der Waals surface area (Å²) in [5.74, 6) is 1.72. The summed E-state index contributed by atoms with van der Waals surface area (Å²) < 4.78 is 13.1. The molecule has 0 saturated carbocycles. The van der Waals surface area contributed by atoms with E-state index in [4.69, 9.17) is 9.47 Å². The van der Waals surface area contributed by atoms with Gasteiger partial charge in [0.2, 0.25) is 0 Å². The third-order valence-corrected chi connectivity index (χ3v) is 9.90. The summed E-state index contributed by atoms with van der Waals surface area (Å²) in [6, 6.07) is 53.4. The summed E-state index contributed by atoms with van der Waals surface area (Å²) in [5, 5.41) is 2.40. The van der Waals surface area contributed by atoms with Gasteiger partial charge in [-0.2, -0.15) is 0 Å². The average Bonchev–Trinajstić information content (AvgIpc) is 3.50. The third kappa shape index (κ3) is 4.21. The van der Waals surface area contributed by atoms with Crippen molar-refractivity contribution in [1.82, 2.24) is 0 Å². The molecule has 9 rings (SSSR count). The molecular weight excluding hydrogens is 587 g/mol. The fraction of sp³-hybridized carbons (Fsp3) is 0.0667. The second kappa shape index (κ2) is 11.0. The fourth-order valence-electron chi connectivity index (χ4n) is 7.64. The largest absolute Gasteiger partial charge is 0.497 e. The molecule has 0 amide bonds. The average molecular weight is 620 g/mol. The second-order valence-electron chi connectivity index (χ2n) is 12.5. The van der Waals surface area contributed by atoms with E-state index < -0.39 is 5.60 Å². The molecule has 1 aliphatic carbocycles. The Labute approximate surface area is 281 Å². The van der Waals surface area contributed by atoms with E-state index in [0.29, 0.717) is 0 Å². The lowest BCUT2D eigenvalue weighted by atomic mass is 9.81. The maximum Gasteiger partial charge on any atom is 0.178 e. The van der Waals surface area contributed by atoms with Crippen molar-refractivity contribution in [2.75, 3.05) is 12.0 Å². The minimum atomic E-state index is -0.897. The predicted octanol–water partition coefficient (Wildman–Crippen LogP) is 11.6. The van der Waals surface area contributed by atoms with Gasteiger partial charge in [0.25, 0.3) is 0 Å². The number of nitrogens with zero attached hydrogens (tertiary/aromatic N) is 1. The van der Waals surface area contributed by atoms with Gasteiger partial charge in [-0.3, -0.25) is 0 Å². The van der Waals surface area contributed by atoms with E-state index in [1.807, 2.05) is 12.1 Å². The Morgan fingerprint density at radius 3 is 1.92 bits per heavy atom. The highest BCUT2D eigenvalue weighted by molar-refractivity contribution is 6.19. The summed E-state index contributed by atoms with van der Waals surface area (Å²) in [6.07, 6.45) is 4.52. The molecule has 0 saturated heterocycles. The van der Waals surface area contributed by atoms with Gasteiger partial charge in [0, 0.05) is 44.5 Å². The van der Waals surface area contributed by atoms with Crippen molar-refractivity contribution in [3.05, 3.63) is 180 Å². The van der Waals surface area contributed by atoms with E-state index in [1.165, 1.54) is 33.2 Å². The molecule has 0 aromatic heterocycles. The zero-order valence-corrected chi connectivity index (χ0v) is 26.9. The first-order chi connectivity index (χ1) is 23.7. The van der Waals surface area contributed by atoms with Crippen molar-refractivity contribution in [2.24, 2.45) is 0 Å². The number of rotatable bonds is 6. The number of hydrogen-bond donors (Lipinski definition) is 0. The van der Waals surface area contributed by atoms with Crippen molar-refractivity contribution in [2.45, 2.75) is 12.5 Å². The van der Waals surface area contributed by atoms with Crippen LogP contribution in [-0.4, -0.2) is 7.11 Å². The Morgan fingerprint density at radius 1 is 0.583 bits per heavy atom. The maximum atomic E-state index is 7.50. The first kappa shape index (κ1) is 28.2. The van der Waals surface area contributed by atoms with Gasteiger partial charge in [0.1, 0.15) is 11.5 Å². The van der Waals surface area contributed by atoms with E-state index >= 15 is 0 Å². The number of benzene rings is 7. The number of para-hydroxylation sites is 2. The molecule has 3 heteroatoms. The number of fused-ring (bicyclic) bond motifs is 5. The number of methoxy groups -OCH3 is 1. The van der Waals surface area contributed by atoms with Crippen LogP contribution in [-0.2, 0) is 5.60 Å². The van der Waals surface area contributed by atoms with Gasteiger partial charge in [0.05, 0.1) is 7.11 Å². The summed E-state index contributed by atoms with van der Waals surface area (Å²) in [4.78, 5) is 2.30. The van der Waals surface area contributed by atoms with Crippen LogP contribution in [0.5, 0.6) is 11.5 Å². The van der Waals surface area contributed by atoms with E-state index in [0.717, 1.165) is 50.6 Å². The Kier molecular flexibility index (Phi) is 6.48. The van der Waals surface area contributed by atoms with Crippen LogP contribution in [0, 0.1) is 6.92 Å². The topological polar surface area (TPSA) is 21.7 Å². The molecule has 0 bridgehead atoms. The molecule has 7 aromatic rings. The van der Waals surface area contributed by atoms with Crippen LogP contribution in [0.1, 0.15) is 22.3 Å². The smallest absolute Gasteiger partial charge is 0.178 e. The second-order valence-corrected chi connectivity index (χ2v) is 12.5. The molecule has 0 fully saturated rings. The van der Waals surface area contributed by atoms with Gasteiger partial charge < -0.3 is 14.4 Å². The molecule has 0 N–H and O–H groups in total. The Balaban J connectivity index is 1.27. The maximum absolute atomic E-state index is 7.50. The van der Waals surface area contributed by atoms with Crippen LogP contribution in [0.3, 0.4) is 0 Å². The minimum absolute atomic E-state index is 0.807. The quantitative estimate of drug-likeness (QED) is 0.185. The van der Waals surface area contributed by atoms with Crippen molar-refractivity contribution in [1.29, 1.82) is 0 Å². The number of hydrogen-bond acceptors (Lipinski definition) is 3. The summed E-state index contributed by atoms with van der Waals surface area (Å²) in [5.41, 5.74) is 11.9.